The van der Waals surface area contributed by atoms with Crippen LogP contribution in [0.15, 0.2) is 18.2 Å². The molecule has 3 unspecified atom stereocenters. The molecule has 3 N–H and O–H groups in total. The largest absolute Gasteiger partial charge is 0.478 e. The van der Waals surface area contributed by atoms with Crippen molar-refractivity contribution in [3.8, 4) is 0 Å². The van der Waals surface area contributed by atoms with E-state index in [1.807, 2.05) is 6.07 Å². The summed E-state index contributed by atoms with van der Waals surface area (Å²) in [5.74, 6) is 0.216. The maximum Gasteiger partial charge on any atom is 0.337 e. The number of piperidine rings is 1. The van der Waals surface area contributed by atoms with Gasteiger partial charge in [0.25, 0.3) is 0 Å². The second-order valence-electron chi connectivity index (χ2n) is 5.79. The second-order valence-corrected chi connectivity index (χ2v) is 5.79. The third-order valence-electron chi connectivity index (χ3n) is 4.16. The van der Waals surface area contributed by atoms with Crippen LogP contribution in [0.4, 0.5) is 11.4 Å². The highest BCUT2D eigenvalue weighted by atomic mass is 16.4. The molecule has 0 spiro atoms. The molecule has 104 valence electrons. The van der Waals surface area contributed by atoms with Crippen molar-refractivity contribution in [2.24, 2.45) is 11.8 Å². The molecule has 0 aliphatic carbocycles. The Morgan fingerprint density at radius 3 is 2.68 bits per heavy atom. The quantitative estimate of drug-likeness (QED) is 0.804. The summed E-state index contributed by atoms with van der Waals surface area (Å²) in [6.07, 6.45) is 1.19. The first kappa shape index (κ1) is 13.7. The van der Waals surface area contributed by atoms with Gasteiger partial charge in [-0.15, -0.1) is 0 Å². The van der Waals surface area contributed by atoms with Gasteiger partial charge in [0.1, 0.15) is 0 Å². The lowest BCUT2D eigenvalue weighted by atomic mass is 9.85. The molecule has 3 atom stereocenters. The molecule has 2 rings (SSSR count). The third-order valence-corrected chi connectivity index (χ3v) is 4.16. The summed E-state index contributed by atoms with van der Waals surface area (Å²) < 4.78 is 0. The van der Waals surface area contributed by atoms with Gasteiger partial charge in [0, 0.05) is 18.3 Å². The number of carboxylic acid groups (broad SMARTS) is 1. The summed E-state index contributed by atoms with van der Waals surface area (Å²) in [4.78, 5) is 13.6. The fraction of sp³-hybridized carbons (Fsp3) is 0.533. The van der Waals surface area contributed by atoms with Crippen molar-refractivity contribution in [1.29, 1.82) is 0 Å². The van der Waals surface area contributed by atoms with Gasteiger partial charge in [0.05, 0.1) is 11.3 Å². The van der Waals surface area contributed by atoms with E-state index in [9.17, 15) is 9.90 Å². The first-order chi connectivity index (χ1) is 8.90. The fourth-order valence-electron chi connectivity index (χ4n) is 3.01. The smallest absolute Gasteiger partial charge is 0.337 e. The van der Waals surface area contributed by atoms with Gasteiger partial charge in [0.2, 0.25) is 0 Å². The number of carboxylic acids is 1. The Labute approximate surface area is 114 Å². The minimum absolute atomic E-state index is 0.299. The van der Waals surface area contributed by atoms with Crippen molar-refractivity contribution in [2.75, 3.05) is 17.2 Å². The Bertz CT molecular complexity index is 487. The van der Waals surface area contributed by atoms with E-state index < -0.39 is 5.97 Å². The standard InChI is InChI=1S/C15H22N2O2/c1-9-6-10(2)11(3)17(8-9)14-5-4-12(16)7-13(14)15(18)19/h4-5,7,9-11H,6,8,16H2,1-3H3,(H,18,19). The molecule has 1 aliphatic heterocycles. The summed E-state index contributed by atoms with van der Waals surface area (Å²) in [6.45, 7) is 7.51. The lowest BCUT2D eigenvalue weighted by Gasteiger charge is -2.43. The highest BCUT2D eigenvalue weighted by molar-refractivity contribution is 5.95. The Hall–Kier alpha value is -1.71. The molecule has 0 amide bonds. The van der Waals surface area contributed by atoms with Crippen molar-refractivity contribution in [1.82, 2.24) is 0 Å². The van der Waals surface area contributed by atoms with Crippen LogP contribution in [0.2, 0.25) is 0 Å². The number of carbonyl (C=O) groups is 1. The number of benzene rings is 1. The maximum atomic E-state index is 11.4. The summed E-state index contributed by atoms with van der Waals surface area (Å²) in [6, 6.07) is 5.50. The van der Waals surface area contributed by atoms with E-state index in [-0.39, 0.29) is 0 Å². The first-order valence-electron chi connectivity index (χ1n) is 6.79. The molecule has 19 heavy (non-hydrogen) atoms. The third kappa shape index (κ3) is 2.67. The number of hydrogen-bond donors (Lipinski definition) is 2. The molecule has 1 heterocycles. The topological polar surface area (TPSA) is 66.6 Å². The summed E-state index contributed by atoms with van der Waals surface area (Å²) in [5.41, 5.74) is 7.28. The average molecular weight is 262 g/mol. The number of rotatable bonds is 2. The molecular formula is C15H22N2O2. The summed E-state index contributed by atoms with van der Waals surface area (Å²) in [5, 5.41) is 9.36. The lowest BCUT2D eigenvalue weighted by Crippen LogP contribution is -2.46. The van der Waals surface area contributed by atoms with Crippen LogP contribution in [0, 0.1) is 11.8 Å². The molecule has 0 aromatic heterocycles. The van der Waals surface area contributed by atoms with Crippen LogP contribution in [0.1, 0.15) is 37.6 Å². The van der Waals surface area contributed by atoms with Crippen LogP contribution < -0.4 is 10.6 Å². The molecule has 1 aromatic rings. The maximum absolute atomic E-state index is 11.4. The fourth-order valence-corrected chi connectivity index (χ4v) is 3.01. The highest BCUT2D eigenvalue weighted by Crippen LogP contribution is 2.33. The van der Waals surface area contributed by atoms with Gasteiger partial charge in [-0.2, -0.15) is 0 Å². The van der Waals surface area contributed by atoms with E-state index >= 15 is 0 Å². The SMILES string of the molecule is CC1CC(C)C(C)N(c2ccc(N)cc2C(=O)O)C1. The molecular weight excluding hydrogens is 240 g/mol. The Kier molecular flexibility index (Phi) is 3.69. The zero-order valence-electron chi connectivity index (χ0n) is 11.8. The summed E-state index contributed by atoms with van der Waals surface area (Å²) >= 11 is 0. The van der Waals surface area contributed by atoms with Gasteiger partial charge in [-0.1, -0.05) is 13.8 Å². The van der Waals surface area contributed by atoms with Gasteiger partial charge in [-0.3, -0.25) is 0 Å². The van der Waals surface area contributed by atoms with Gasteiger partial charge < -0.3 is 15.7 Å². The van der Waals surface area contributed by atoms with Gasteiger partial charge in [0.15, 0.2) is 0 Å². The van der Waals surface area contributed by atoms with E-state index in [2.05, 4.69) is 25.7 Å². The van der Waals surface area contributed by atoms with Crippen LogP contribution in [0.5, 0.6) is 0 Å². The number of nitrogen functional groups attached to an aromatic ring is 1. The zero-order chi connectivity index (χ0) is 14.2. The van der Waals surface area contributed by atoms with Crippen molar-refractivity contribution in [2.45, 2.75) is 33.2 Å². The van der Waals surface area contributed by atoms with E-state index in [4.69, 9.17) is 5.73 Å². The van der Waals surface area contributed by atoms with Crippen molar-refractivity contribution >= 4 is 17.3 Å². The van der Waals surface area contributed by atoms with Crippen LogP contribution in [0.25, 0.3) is 0 Å². The van der Waals surface area contributed by atoms with Crippen molar-refractivity contribution < 1.29 is 9.90 Å². The minimum atomic E-state index is -0.916. The van der Waals surface area contributed by atoms with Crippen LogP contribution in [0.3, 0.4) is 0 Å². The number of anilines is 2. The Balaban J connectivity index is 2.42. The van der Waals surface area contributed by atoms with E-state index in [0.29, 0.717) is 29.1 Å². The molecule has 0 saturated carbocycles. The monoisotopic (exact) mass is 262 g/mol. The molecule has 4 nitrogen and oxygen atoms in total. The molecule has 1 aliphatic rings. The number of nitrogens with zero attached hydrogens (tertiary/aromatic N) is 1. The minimum Gasteiger partial charge on any atom is -0.478 e. The molecule has 1 fully saturated rings. The van der Waals surface area contributed by atoms with E-state index in [1.165, 1.54) is 6.42 Å². The molecule has 1 saturated heterocycles. The van der Waals surface area contributed by atoms with Crippen LogP contribution in [-0.2, 0) is 0 Å². The predicted octanol–water partition coefficient (Wildman–Crippen LogP) is 2.84. The number of hydrogen-bond acceptors (Lipinski definition) is 3. The van der Waals surface area contributed by atoms with Gasteiger partial charge in [-0.25, -0.2) is 4.79 Å². The Morgan fingerprint density at radius 2 is 2.05 bits per heavy atom. The lowest BCUT2D eigenvalue weighted by molar-refractivity contribution is 0.0697. The summed E-state index contributed by atoms with van der Waals surface area (Å²) in [7, 11) is 0. The zero-order valence-corrected chi connectivity index (χ0v) is 11.8. The average Bonchev–Trinajstić information content (AvgIpc) is 2.34. The number of nitrogens with two attached hydrogens (primary N) is 1. The van der Waals surface area contributed by atoms with E-state index in [1.54, 1.807) is 12.1 Å². The predicted molar refractivity (Wildman–Crippen MR) is 77.6 cm³/mol. The second kappa shape index (κ2) is 5.11. The normalized spacial score (nSPS) is 27.3. The molecule has 4 heteroatoms. The van der Waals surface area contributed by atoms with Crippen molar-refractivity contribution in [3.05, 3.63) is 23.8 Å². The number of aromatic carboxylic acids is 1. The molecule has 1 aromatic carbocycles. The molecule has 0 bridgehead atoms. The van der Waals surface area contributed by atoms with Crippen LogP contribution >= 0.6 is 0 Å². The van der Waals surface area contributed by atoms with Gasteiger partial charge >= 0.3 is 5.97 Å². The Morgan fingerprint density at radius 1 is 1.37 bits per heavy atom. The van der Waals surface area contributed by atoms with Crippen molar-refractivity contribution in [3.63, 3.8) is 0 Å². The van der Waals surface area contributed by atoms with E-state index in [0.717, 1.165) is 12.2 Å². The van der Waals surface area contributed by atoms with Crippen LogP contribution in [-0.4, -0.2) is 23.7 Å². The van der Waals surface area contributed by atoms with Gasteiger partial charge in [-0.05, 0) is 43.4 Å². The first-order valence-corrected chi connectivity index (χ1v) is 6.79. The highest BCUT2D eigenvalue weighted by Gasteiger charge is 2.30. The molecule has 0 radical (unpaired) electrons.